The van der Waals surface area contributed by atoms with Crippen LogP contribution in [0.3, 0.4) is 0 Å². The number of amides is 2. The average molecular weight is 431 g/mol. The summed E-state index contributed by atoms with van der Waals surface area (Å²) in [4.78, 5) is 30.3. The number of aryl methyl sites for hydroxylation is 2. The number of anilines is 1. The number of para-hydroxylation sites is 1. The first kappa shape index (κ1) is 20.9. The Morgan fingerprint density at radius 1 is 0.871 bits per heavy atom. The molecular weight excluding hydrogens is 408 g/mol. The van der Waals surface area contributed by atoms with Gasteiger partial charge in [-0.15, -0.1) is 0 Å². The number of hydrogen-bond donors (Lipinski definition) is 0. The normalized spacial score (nSPS) is 13.9. The minimum Gasteiger partial charge on any atom is -0.365 e. The number of likely N-dealkylation sites (N-methyl/N-ethyl adjacent to an activating group) is 1. The van der Waals surface area contributed by atoms with Crippen LogP contribution in [0.15, 0.2) is 78.5 Å². The van der Waals surface area contributed by atoms with Crippen molar-refractivity contribution in [2.75, 3.05) is 11.9 Å². The molecule has 0 aromatic heterocycles. The largest absolute Gasteiger partial charge is 0.365 e. The Balaban J connectivity index is 1.86. The zero-order chi connectivity index (χ0) is 22.1. The molecule has 156 valence electrons. The lowest BCUT2D eigenvalue weighted by Gasteiger charge is -2.22. The van der Waals surface area contributed by atoms with E-state index in [-0.39, 0.29) is 11.8 Å². The average Bonchev–Trinajstić information content (AvgIpc) is 2.99. The molecule has 1 aliphatic rings. The van der Waals surface area contributed by atoms with Crippen LogP contribution in [-0.4, -0.2) is 23.8 Å². The van der Waals surface area contributed by atoms with Crippen molar-refractivity contribution in [2.45, 2.75) is 20.4 Å². The van der Waals surface area contributed by atoms with Gasteiger partial charge in [0, 0.05) is 13.6 Å². The summed E-state index contributed by atoms with van der Waals surface area (Å²) in [5.41, 5.74) is 5.02. The van der Waals surface area contributed by atoms with Crippen LogP contribution in [-0.2, 0) is 16.1 Å². The highest BCUT2D eigenvalue weighted by Crippen LogP contribution is 2.38. The van der Waals surface area contributed by atoms with E-state index in [1.54, 1.807) is 24.3 Å². The standard InChI is InChI=1S/C26H23ClN2O2/c1-17-13-14-20(18(2)15-17)23-24(28(3)16-19-9-5-4-6-10-19)26(31)29(25(23)30)22-12-8-7-11-21(22)27/h4-15H,16H2,1-3H3. The minimum atomic E-state index is -0.369. The Bertz CT molecular complexity index is 1200. The molecule has 0 unspecified atom stereocenters. The van der Waals surface area contributed by atoms with Gasteiger partial charge in [-0.1, -0.05) is 77.8 Å². The third-order valence-electron chi connectivity index (χ3n) is 5.45. The van der Waals surface area contributed by atoms with Crippen molar-refractivity contribution in [1.29, 1.82) is 0 Å². The second-order valence-electron chi connectivity index (χ2n) is 7.78. The molecule has 1 aliphatic heterocycles. The first-order chi connectivity index (χ1) is 14.9. The van der Waals surface area contributed by atoms with Crippen LogP contribution in [0.2, 0.25) is 5.02 Å². The van der Waals surface area contributed by atoms with E-state index < -0.39 is 0 Å². The molecular formula is C26H23ClN2O2. The number of carbonyl (C=O) groups is 2. The van der Waals surface area contributed by atoms with Gasteiger partial charge in [0.25, 0.3) is 11.8 Å². The predicted octanol–water partition coefficient (Wildman–Crippen LogP) is 5.37. The Labute approximate surface area is 187 Å². The SMILES string of the molecule is Cc1ccc(C2=C(N(C)Cc3ccccc3)C(=O)N(c3ccccc3Cl)C2=O)c(C)c1. The van der Waals surface area contributed by atoms with E-state index in [4.69, 9.17) is 11.6 Å². The second kappa shape index (κ2) is 8.40. The Morgan fingerprint density at radius 3 is 2.23 bits per heavy atom. The lowest BCUT2D eigenvalue weighted by molar-refractivity contribution is -0.120. The van der Waals surface area contributed by atoms with Crippen LogP contribution < -0.4 is 4.90 Å². The number of imide groups is 1. The quantitative estimate of drug-likeness (QED) is 0.511. The molecule has 31 heavy (non-hydrogen) atoms. The molecule has 3 aromatic rings. The Kier molecular flexibility index (Phi) is 5.66. The van der Waals surface area contributed by atoms with Gasteiger partial charge in [-0.2, -0.15) is 0 Å². The van der Waals surface area contributed by atoms with Crippen LogP contribution in [0.25, 0.3) is 5.57 Å². The molecule has 1 heterocycles. The molecule has 0 radical (unpaired) electrons. The summed E-state index contributed by atoms with van der Waals surface area (Å²) in [6, 6.07) is 22.7. The Morgan fingerprint density at radius 2 is 1.55 bits per heavy atom. The monoisotopic (exact) mass is 430 g/mol. The van der Waals surface area contributed by atoms with Crippen molar-refractivity contribution >= 4 is 34.7 Å². The van der Waals surface area contributed by atoms with Gasteiger partial charge in [-0.3, -0.25) is 9.59 Å². The van der Waals surface area contributed by atoms with E-state index in [2.05, 4.69) is 0 Å². The molecule has 0 atom stereocenters. The van der Waals surface area contributed by atoms with Gasteiger partial charge in [-0.05, 0) is 42.7 Å². The van der Waals surface area contributed by atoms with E-state index in [1.165, 1.54) is 4.90 Å². The van der Waals surface area contributed by atoms with Crippen molar-refractivity contribution in [3.8, 4) is 0 Å². The fourth-order valence-corrected chi connectivity index (χ4v) is 4.22. The van der Waals surface area contributed by atoms with Crippen molar-refractivity contribution in [3.05, 3.63) is 106 Å². The molecule has 2 amide bonds. The topological polar surface area (TPSA) is 40.6 Å². The van der Waals surface area contributed by atoms with Crippen LogP contribution in [0.4, 0.5) is 5.69 Å². The summed E-state index contributed by atoms with van der Waals surface area (Å²) in [7, 11) is 1.84. The first-order valence-corrected chi connectivity index (χ1v) is 10.5. The van der Waals surface area contributed by atoms with E-state index in [1.807, 2.05) is 74.3 Å². The third kappa shape index (κ3) is 3.87. The smallest absolute Gasteiger partial charge is 0.282 e. The summed E-state index contributed by atoms with van der Waals surface area (Å²) in [6.45, 7) is 4.46. The number of rotatable bonds is 5. The predicted molar refractivity (Wildman–Crippen MR) is 125 cm³/mol. The molecule has 0 spiro atoms. The third-order valence-corrected chi connectivity index (χ3v) is 5.77. The van der Waals surface area contributed by atoms with Crippen molar-refractivity contribution in [2.24, 2.45) is 0 Å². The van der Waals surface area contributed by atoms with Crippen LogP contribution in [0.1, 0.15) is 22.3 Å². The summed E-state index contributed by atoms with van der Waals surface area (Å²) in [5, 5.41) is 0.358. The molecule has 4 nitrogen and oxygen atoms in total. The van der Waals surface area contributed by atoms with E-state index in [0.29, 0.717) is 28.5 Å². The molecule has 5 heteroatoms. The molecule has 4 rings (SSSR count). The maximum atomic E-state index is 13.6. The highest BCUT2D eigenvalue weighted by molar-refractivity contribution is 6.47. The lowest BCUT2D eigenvalue weighted by Crippen LogP contribution is -2.34. The molecule has 0 bridgehead atoms. The number of halogens is 1. The zero-order valence-electron chi connectivity index (χ0n) is 17.7. The maximum Gasteiger partial charge on any atom is 0.282 e. The van der Waals surface area contributed by atoms with Crippen molar-refractivity contribution in [1.82, 2.24) is 4.90 Å². The zero-order valence-corrected chi connectivity index (χ0v) is 18.5. The summed E-state index contributed by atoms with van der Waals surface area (Å²) in [5.74, 6) is -0.730. The molecule has 0 saturated carbocycles. The van der Waals surface area contributed by atoms with Gasteiger partial charge < -0.3 is 4.90 Å². The first-order valence-electron chi connectivity index (χ1n) is 10.1. The van der Waals surface area contributed by atoms with Crippen molar-refractivity contribution in [3.63, 3.8) is 0 Å². The summed E-state index contributed by atoms with van der Waals surface area (Å²) >= 11 is 6.36. The number of hydrogen-bond acceptors (Lipinski definition) is 3. The van der Waals surface area contributed by atoms with E-state index in [0.717, 1.165) is 22.3 Å². The van der Waals surface area contributed by atoms with Gasteiger partial charge >= 0.3 is 0 Å². The molecule has 0 aliphatic carbocycles. The van der Waals surface area contributed by atoms with Gasteiger partial charge in [0.2, 0.25) is 0 Å². The fraction of sp³-hybridized carbons (Fsp3) is 0.154. The van der Waals surface area contributed by atoms with Crippen molar-refractivity contribution < 1.29 is 9.59 Å². The number of benzene rings is 3. The van der Waals surface area contributed by atoms with Gasteiger partial charge in [-0.25, -0.2) is 4.90 Å². The second-order valence-corrected chi connectivity index (χ2v) is 8.19. The highest BCUT2D eigenvalue weighted by atomic mass is 35.5. The fourth-order valence-electron chi connectivity index (χ4n) is 4.00. The van der Waals surface area contributed by atoms with Crippen LogP contribution in [0, 0.1) is 13.8 Å². The molecule has 0 saturated heterocycles. The van der Waals surface area contributed by atoms with Gasteiger partial charge in [0.05, 0.1) is 16.3 Å². The van der Waals surface area contributed by atoms with Crippen LogP contribution in [0.5, 0.6) is 0 Å². The van der Waals surface area contributed by atoms with Gasteiger partial charge in [0.15, 0.2) is 0 Å². The highest BCUT2D eigenvalue weighted by Gasteiger charge is 2.42. The molecule has 0 fully saturated rings. The molecule has 0 N–H and O–H groups in total. The maximum absolute atomic E-state index is 13.6. The van der Waals surface area contributed by atoms with Gasteiger partial charge in [0.1, 0.15) is 5.70 Å². The van der Waals surface area contributed by atoms with Crippen LogP contribution >= 0.6 is 11.6 Å². The minimum absolute atomic E-state index is 0.358. The van der Waals surface area contributed by atoms with E-state index in [9.17, 15) is 9.59 Å². The number of carbonyl (C=O) groups excluding carboxylic acids is 2. The van der Waals surface area contributed by atoms with E-state index >= 15 is 0 Å². The Hall–Kier alpha value is -3.37. The number of nitrogens with zero attached hydrogens (tertiary/aromatic N) is 2. The summed E-state index contributed by atoms with van der Waals surface area (Å²) < 4.78 is 0. The lowest BCUT2D eigenvalue weighted by atomic mass is 9.97. The molecule has 3 aromatic carbocycles. The summed E-state index contributed by atoms with van der Waals surface area (Å²) in [6.07, 6.45) is 0.